The topological polar surface area (TPSA) is 37.3 Å². The van der Waals surface area contributed by atoms with E-state index in [-0.39, 0.29) is 0 Å². The van der Waals surface area contributed by atoms with E-state index in [1.165, 1.54) is 225 Å². The van der Waals surface area contributed by atoms with Crippen LogP contribution in [0.3, 0.4) is 0 Å². The van der Waals surface area contributed by atoms with Gasteiger partial charge in [-0.15, -0.1) is 0 Å². The molecule has 0 atom stereocenters. The van der Waals surface area contributed by atoms with Crippen molar-refractivity contribution < 1.29 is 9.90 Å². The lowest BCUT2D eigenvalue weighted by Crippen LogP contribution is -1.93. The molecule has 266 valence electrons. The molecule has 0 unspecified atom stereocenters. The first kappa shape index (κ1) is 45.6. The zero-order valence-corrected chi connectivity index (χ0v) is 31.2. The van der Waals surface area contributed by atoms with Crippen molar-refractivity contribution in [1.82, 2.24) is 0 Å². The van der Waals surface area contributed by atoms with E-state index in [4.69, 9.17) is 5.11 Å². The Morgan fingerprint density at radius 1 is 0.273 bits per heavy atom. The molecule has 0 rings (SSSR count). The van der Waals surface area contributed by atoms with E-state index >= 15 is 0 Å². The van der Waals surface area contributed by atoms with E-state index in [0.717, 1.165) is 12.8 Å². The lowest BCUT2D eigenvalue weighted by Gasteiger charge is -2.03. The molecule has 0 amide bonds. The van der Waals surface area contributed by atoms with Gasteiger partial charge in [-0.25, -0.2) is 0 Å². The molecule has 0 aromatic heterocycles. The molecule has 0 radical (unpaired) electrons. The fourth-order valence-electron chi connectivity index (χ4n) is 6.33. The molecule has 0 spiro atoms. The van der Waals surface area contributed by atoms with Crippen LogP contribution in [0, 0.1) is 0 Å². The van der Waals surface area contributed by atoms with E-state index in [1.54, 1.807) is 0 Å². The second-order valence-corrected chi connectivity index (χ2v) is 14.2. The molecule has 0 aliphatic heterocycles. The van der Waals surface area contributed by atoms with Crippen LogP contribution in [-0.2, 0) is 4.79 Å². The number of carbonyl (C=O) groups is 1. The van der Waals surface area contributed by atoms with Gasteiger partial charge in [-0.05, 0) is 6.42 Å². The van der Waals surface area contributed by atoms with Gasteiger partial charge < -0.3 is 5.11 Å². The molecule has 0 saturated heterocycles. The van der Waals surface area contributed by atoms with Gasteiger partial charge in [-0.2, -0.15) is 0 Å². The van der Waals surface area contributed by atoms with E-state index in [0.29, 0.717) is 6.42 Å². The number of carboxylic acids is 1. The van der Waals surface area contributed by atoms with E-state index in [2.05, 4.69) is 20.8 Å². The fraction of sp³-hybridized carbons (Fsp3) is 0.976. The molecule has 44 heavy (non-hydrogen) atoms. The minimum Gasteiger partial charge on any atom is -0.481 e. The largest absolute Gasteiger partial charge is 0.481 e. The van der Waals surface area contributed by atoms with E-state index in [1.807, 2.05) is 0 Å². The number of aliphatic carboxylic acids is 1. The third-order valence-electron chi connectivity index (χ3n) is 9.45. The highest BCUT2D eigenvalue weighted by molar-refractivity contribution is 5.66. The van der Waals surface area contributed by atoms with Crippen molar-refractivity contribution in [3.8, 4) is 0 Å². The summed E-state index contributed by atoms with van der Waals surface area (Å²) in [5, 5.41) is 8.56. The molecule has 0 aliphatic carbocycles. The first-order valence-corrected chi connectivity index (χ1v) is 20.9. The van der Waals surface area contributed by atoms with Crippen LogP contribution in [0.4, 0.5) is 0 Å². The highest BCUT2D eigenvalue weighted by Crippen LogP contribution is 2.16. The zero-order chi connectivity index (χ0) is 32.4. The monoisotopic (exact) mass is 623 g/mol. The predicted octanol–water partition coefficient (Wildman–Crippen LogP) is 15.9. The maximum Gasteiger partial charge on any atom is 0.303 e. The maximum absolute atomic E-state index is 10.4. The van der Waals surface area contributed by atoms with Crippen molar-refractivity contribution in [2.24, 2.45) is 0 Å². The van der Waals surface area contributed by atoms with Crippen LogP contribution in [0.5, 0.6) is 0 Å². The van der Waals surface area contributed by atoms with E-state index in [9.17, 15) is 4.79 Å². The normalized spacial score (nSPS) is 11.1. The number of carboxylic acid groups (broad SMARTS) is 1. The van der Waals surface area contributed by atoms with Crippen molar-refractivity contribution in [3.05, 3.63) is 0 Å². The summed E-state index contributed by atoms with van der Waals surface area (Å²) in [6.45, 7) is 6.88. The molecule has 0 aliphatic rings. The highest BCUT2D eigenvalue weighted by Gasteiger charge is 1.98. The molecule has 0 aromatic carbocycles. The SMILES string of the molecule is CCCCCCCCCCCCCCCCCCCC.CCCCCCCCCCCCCCCCCCCCCC(=O)O. The van der Waals surface area contributed by atoms with Crippen molar-refractivity contribution in [1.29, 1.82) is 0 Å². The Morgan fingerprint density at radius 3 is 0.545 bits per heavy atom. The second-order valence-electron chi connectivity index (χ2n) is 14.2. The Kier molecular flexibility index (Phi) is 46.2. The lowest BCUT2D eigenvalue weighted by molar-refractivity contribution is -0.137. The van der Waals surface area contributed by atoms with Crippen LogP contribution in [0.1, 0.15) is 265 Å². The van der Waals surface area contributed by atoms with Gasteiger partial charge in [-0.3, -0.25) is 4.79 Å². The third kappa shape index (κ3) is 48.4. The van der Waals surface area contributed by atoms with Crippen LogP contribution in [0.15, 0.2) is 0 Å². The maximum atomic E-state index is 10.4. The summed E-state index contributed by atoms with van der Waals surface area (Å²) in [7, 11) is 0. The standard InChI is InChI=1S/C22H44O2.C20H42/c1-2-3-4-5-6-7-8-9-10-11-12-13-14-15-16-17-18-19-20-21-22(23)24;1-3-5-7-9-11-13-15-17-19-20-18-16-14-12-10-8-6-4-2/h2-21H2,1H3,(H,23,24);3-20H2,1-2H3. The molecular weight excluding hydrogens is 536 g/mol. The zero-order valence-electron chi connectivity index (χ0n) is 31.2. The summed E-state index contributed by atoms with van der Waals surface area (Å²) in [4.78, 5) is 10.4. The van der Waals surface area contributed by atoms with Crippen LogP contribution >= 0.6 is 0 Å². The molecule has 0 heterocycles. The molecule has 1 N–H and O–H groups in total. The molecule has 0 bridgehead atoms. The van der Waals surface area contributed by atoms with Gasteiger partial charge in [0.25, 0.3) is 0 Å². The average Bonchev–Trinajstić information content (AvgIpc) is 3.02. The lowest BCUT2D eigenvalue weighted by atomic mass is 10.0. The summed E-state index contributed by atoms with van der Waals surface area (Å²) in [5.74, 6) is -0.651. The predicted molar refractivity (Wildman–Crippen MR) is 200 cm³/mol. The van der Waals surface area contributed by atoms with Gasteiger partial charge in [0.05, 0.1) is 0 Å². The average molecular weight is 623 g/mol. The fourth-order valence-corrected chi connectivity index (χ4v) is 6.33. The molecule has 0 fully saturated rings. The number of hydrogen-bond donors (Lipinski definition) is 1. The van der Waals surface area contributed by atoms with Crippen molar-refractivity contribution in [2.45, 2.75) is 265 Å². The summed E-state index contributed by atoms with van der Waals surface area (Å²) in [6, 6.07) is 0. The molecule has 0 aromatic rings. The summed E-state index contributed by atoms with van der Waals surface area (Å²) in [5.41, 5.74) is 0. The number of rotatable bonds is 37. The number of hydrogen-bond acceptors (Lipinski definition) is 1. The van der Waals surface area contributed by atoms with E-state index < -0.39 is 5.97 Å². The summed E-state index contributed by atoms with van der Waals surface area (Å²) >= 11 is 0. The third-order valence-corrected chi connectivity index (χ3v) is 9.45. The minimum absolute atomic E-state index is 0.346. The van der Waals surface area contributed by atoms with Crippen molar-refractivity contribution in [2.75, 3.05) is 0 Å². The van der Waals surface area contributed by atoms with Gasteiger partial charge in [-0.1, -0.05) is 252 Å². The van der Waals surface area contributed by atoms with Crippen LogP contribution in [-0.4, -0.2) is 11.1 Å². The Balaban J connectivity index is 0. The highest BCUT2D eigenvalue weighted by atomic mass is 16.4. The smallest absolute Gasteiger partial charge is 0.303 e. The first-order valence-electron chi connectivity index (χ1n) is 20.9. The second kappa shape index (κ2) is 44.6. The number of unbranched alkanes of at least 4 members (excludes halogenated alkanes) is 35. The van der Waals surface area contributed by atoms with Gasteiger partial charge >= 0.3 is 5.97 Å². The first-order chi connectivity index (χ1) is 21.7. The Morgan fingerprint density at radius 2 is 0.409 bits per heavy atom. The molecule has 0 saturated carbocycles. The van der Waals surface area contributed by atoms with Crippen LogP contribution in [0.25, 0.3) is 0 Å². The summed E-state index contributed by atoms with van der Waals surface area (Å²) in [6.07, 6.45) is 52.5. The van der Waals surface area contributed by atoms with Crippen LogP contribution in [0.2, 0.25) is 0 Å². The van der Waals surface area contributed by atoms with Crippen molar-refractivity contribution >= 4 is 5.97 Å². The van der Waals surface area contributed by atoms with Gasteiger partial charge in [0.2, 0.25) is 0 Å². The molecule has 2 nitrogen and oxygen atoms in total. The summed E-state index contributed by atoms with van der Waals surface area (Å²) < 4.78 is 0. The Bertz CT molecular complexity index is 470. The Hall–Kier alpha value is -0.530. The van der Waals surface area contributed by atoms with Gasteiger partial charge in [0.15, 0.2) is 0 Å². The van der Waals surface area contributed by atoms with Crippen molar-refractivity contribution in [3.63, 3.8) is 0 Å². The Labute approximate surface area is 280 Å². The molecule has 2 heteroatoms. The quantitative estimate of drug-likeness (QED) is 0.0700. The molecular formula is C42H86O2. The minimum atomic E-state index is -0.651. The van der Waals surface area contributed by atoms with Crippen LogP contribution < -0.4 is 0 Å². The van der Waals surface area contributed by atoms with Gasteiger partial charge in [0.1, 0.15) is 0 Å². The van der Waals surface area contributed by atoms with Gasteiger partial charge in [0, 0.05) is 6.42 Å².